The van der Waals surface area contributed by atoms with E-state index in [2.05, 4.69) is 22.3 Å². The summed E-state index contributed by atoms with van der Waals surface area (Å²) in [5, 5.41) is 13.0. The topological polar surface area (TPSA) is 99.2 Å². The summed E-state index contributed by atoms with van der Waals surface area (Å²) in [4.78, 5) is 14.5. The van der Waals surface area contributed by atoms with Crippen LogP contribution in [0.25, 0.3) is 0 Å². The van der Waals surface area contributed by atoms with Crippen molar-refractivity contribution in [3.05, 3.63) is 59.7 Å². The summed E-state index contributed by atoms with van der Waals surface area (Å²) in [7, 11) is -3.65. The van der Waals surface area contributed by atoms with Crippen molar-refractivity contribution in [2.45, 2.75) is 36.8 Å². The third-order valence-electron chi connectivity index (χ3n) is 6.10. The predicted molar refractivity (Wildman–Crippen MR) is 124 cm³/mol. The number of carbonyl (C=O) groups excluding carboxylic acids is 1. The fraction of sp³-hybridized carbons (Fsp3) is 0.458. The van der Waals surface area contributed by atoms with Crippen LogP contribution in [0.1, 0.15) is 24.0 Å². The van der Waals surface area contributed by atoms with Crippen LogP contribution in [0.4, 0.5) is 0 Å². The molecule has 9 heteroatoms. The molecule has 2 aromatic rings. The summed E-state index contributed by atoms with van der Waals surface area (Å²) < 4.78 is 32.8. The van der Waals surface area contributed by atoms with E-state index in [1.54, 1.807) is 18.2 Å². The highest BCUT2D eigenvalue weighted by Crippen LogP contribution is 2.28. The molecule has 8 nitrogen and oxygen atoms in total. The highest BCUT2D eigenvalue weighted by atomic mass is 32.2. The fourth-order valence-corrected chi connectivity index (χ4v) is 6.00. The van der Waals surface area contributed by atoms with Gasteiger partial charge in [-0.25, -0.2) is 8.42 Å². The van der Waals surface area contributed by atoms with E-state index in [0.717, 1.165) is 32.4 Å². The van der Waals surface area contributed by atoms with E-state index in [-0.39, 0.29) is 23.8 Å². The maximum absolute atomic E-state index is 12.9. The van der Waals surface area contributed by atoms with Crippen LogP contribution in [0.5, 0.6) is 5.75 Å². The molecule has 1 atom stereocenters. The van der Waals surface area contributed by atoms with Crippen LogP contribution < -0.4 is 10.1 Å². The number of rotatable bonds is 9. The van der Waals surface area contributed by atoms with Gasteiger partial charge in [0.1, 0.15) is 10.6 Å². The molecule has 33 heavy (non-hydrogen) atoms. The van der Waals surface area contributed by atoms with E-state index in [1.165, 1.54) is 21.5 Å². The number of hydrogen-bond acceptors (Lipinski definition) is 6. The maximum atomic E-state index is 12.9. The average molecular weight is 474 g/mol. The van der Waals surface area contributed by atoms with E-state index in [0.29, 0.717) is 19.6 Å². The van der Waals surface area contributed by atoms with E-state index >= 15 is 0 Å². The number of amides is 1. The molecule has 2 aromatic carbocycles. The van der Waals surface area contributed by atoms with Crippen LogP contribution in [0.3, 0.4) is 0 Å². The summed E-state index contributed by atoms with van der Waals surface area (Å²) in [5.41, 5.74) is 2.62. The Bertz CT molecular complexity index is 1070. The first kappa shape index (κ1) is 23.7. The summed E-state index contributed by atoms with van der Waals surface area (Å²) in [6, 6.07) is 14.7. The molecule has 0 bridgehead atoms. The Kier molecular flexibility index (Phi) is 7.64. The zero-order chi connectivity index (χ0) is 23.3. The number of fused-ring (bicyclic) bond motifs is 1. The van der Waals surface area contributed by atoms with Gasteiger partial charge < -0.3 is 15.2 Å². The Labute approximate surface area is 195 Å². The Balaban J connectivity index is 1.25. The lowest BCUT2D eigenvalue weighted by Gasteiger charge is -2.30. The summed E-state index contributed by atoms with van der Waals surface area (Å²) in [6.45, 7) is 2.89. The number of β-amino-alcohol motifs (C(OH)–C–C–N with tert-alkyl or cyclic N) is 1. The van der Waals surface area contributed by atoms with Crippen LogP contribution in [-0.4, -0.2) is 74.1 Å². The summed E-state index contributed by atoms with van der Waals surface area (Å²) in [6.07, 6.45) is 1.93. The van der Waals surface area contributed by atoms with Crippen LogP contribution in [0.2, 0.25) is 0 Å². The molecule has 2 heterocycles. The molecule has 0 spiro atoms. The molecule has 1 amide bonds. The fourth-order valence-electron chi connectivity index (χ4n) is 4.35. The second kappa shape index (κ2) is 10.6. The highest BCUT2D eigenvalue weighted by molar-refractivity contribution is 7.89. The zero-order valence-electron chi connectivity index (χ0n) is 18.7. The summed E-state index contributed by atoms with van der Waals surface area (Å²) >= 11 is 0. The van der Waals surface area contributed by atoms with Crippen molar-refractivity contribution in [1.29, 1.82) is 0 Å². The van der Waals surface area contributed by atoms with Crippen molar-refractivity contribution < 1.29 is 23.1 Å². The van der Waals surface area contributed by atoms with Gasteiger partial charge in [-0.3, -0.25) is 9.69 Å². The van der Waals surface area contributed by atoms with E-state index in [1.807, 2.05) is 12.1 Å². The van der Waals surface area contributed by atoms with E-state index in [9.17, 15) is 18.3 Å². The number of aliphatic hydroxyl groups excluding tert-OH is 1. The molecule has 4 rings (SSSR count). The van der Waals surface area contributed by atoms with Crippen LogP contribution in [0, 0.1) is 0 Å². The SMILES string of the molecule is O=C(COc1ccccc1S(=O)(=O)N1CCCC1)NCC(O)CN1CCc2ccccc2C1. The Morgan fingerprint density at radius 2 is 1.73 bits per heavy atom. The largest absolute Gasteiger partial charge is 0.482 e. The van der Waals surface area contributed by atoms with Crippen LogP contribution in [0.15, 0.2) is 53.4 Å². The van der Waals surface area contributed by atoms with Gasteiger partial charge in [-0.05, 0) is 42.5 Å². The molecule has 0 aliphatic carbocycles. The van der Waals surface area contributed by atoms with E-state index < -0.39 is 22.0 Å². The minimum atomic E-state index is -3.65. The number of ether oxygens (including phenoxy) is 1. The van der Waals surface area contributed by atoms with Crippen molar-refractivity contribution in [1.82, 2.24) is 14.5 Å². The first-order chi connectivity index (χ1) is 15.9. The van der Waals surface area contributed by atoms with Crippen molar-refractivity contribution in [3.8, 4) is 5.75 Å². The molecule has 1 unspecified atom stereocenters. The monoisotopic (exact) mass is 473 g/mol. The number of sulfonamides is 1. The lowest BCUT2D eigenvalue weighted by atomic mass is 10.00. The summed E-state index contributed by atoms with van der Waals surface area (Å²) in [5.74, 6) is -0.251. The van der Waals surface area contributed by atoms with Gasteiger partial charge in [-0.15, -0.1) is 0 Å². The first-order valence-corrected chi connectivity index (χ1v) is 12.8. The van der Waals surface area contributed by atoms with Gasteiger partial charge >= 0.3 is 0 Å². The maximum Gasteiger partial charge on any atom is 0.258 e. The molecular weight excluding hydrogens is 442 g/mol. The quantitative estimate of drug-likeness (QED) is 0.571. The number of carbonyl (C=O) groups is 1. The van der Waals surface area contributed by atoms with Gasteiger partial charge in [0.15, 0.2) is 6.61 Å². The van der Waals surface area contributed by atoms with Crippen molar-refractivity contribution in [3.63, 3.8) is 0 Å². The molecule has 0 saturated carbocycles. The third kappa shape index (κ3) is 5.92. The number of para-hydroxylation sites is 1. The van der Waals surface area contributed by atoms with E-state index in [4.69, 9.17) is 4.74 Å². The highest BCUT2D eigenvalue weighted by Gasteiger charge is 2.30. The number of benzene rings is 2. The number of nitrogens with zero attached hydrogens (tertiary/aromatic N) is 2. The Hall–Kier alpha value is -2.46. The first-order valence-electron chi connectivity index (χ1n) is 11.4. The van der Waals surface area contributed by atoms with Crippen LogP contribution >= 0.6 is 0 Å². The molecule has 1 saturated heterocycles. The molecule has 178 valence electrons. The van der Waals surface area contributed by atoms with Crippen LogP contribution in [-0.2, 0) is 27.8 Å². The number of nitrogens with one attached hydrogen (secondary N) is 1. The van der Waals surface area contributed by atoms with Crippen molar-refractivity contribution >= 4 is 15.9 Å². The molecular formula is C24H31N3O5S. The molecule has 2 aliphatic heterocycles. The van der Waals surface area contributed by atoms with Gasteiger partial charge in [0.2, 0.25) is 10.0 Å². The minimum Gasteiger partial charge on any atom is -0.482 e. The van der Waals surface area contributed by atoms with Gasteiger partial charge in [0, 0.05) is 39.3 Å². The zero-order valence-corrected chi connectivity index (χ0v) is 19.5. The second-order valence-electron chi connectivity index (χ2n) is 8.56. The lowest BCUT2D eigenvalue weighted by molar-refractivity contribution is -0.123. The van der Waals surface area contributed by atoms with Gasteiger partial charge in [0.05, 0.1) is 6.10 Å². The average Bonchev–Trinajstić information content (AvgIpc) is 3.38. The standard InChI is InChI=1S/C24H31N3O5S/c28-21(17-26-14-11-19-7-1-2-8-20(19)16-26)15-25-24(29)18-32-22-9-3-4-10-23(22)33(30,31)27-12-5-6-13-27/h1-4,7-10,21,28H,5-6,11-18H2,(H,25,29). The predicted octanol–water partition coefficient (Wildman–Crippen LogP) is 1.39. The van der Waals surface area contributed by atoms with Crippen molar-refractivity contribution in [2.24, 2.45) is 0 Å². The molecule has 2 aliphatic rings. The second-order valence-corrected chi connectivity index (χ2v) is 10.5. The Morgan fingerprint density at radius 1 is 1.03 bits per heavy atom. The molecule has 1 fully saturated rings. The smallest absolute Gasteiger partial charge is 0.258 e. The minimum absolute atomic E-state index is 0.0742. The molecule has 2 N–H and O–H groups in total. The van der Waals surface area contributed by atoms with Crippen molar-refractivity contribution in [2.75, 3.05) is 39.3 Å². The third-order valence-corrected chi connectivity index (χ3v) is 8.04. The van der Waals surface area contributed by atoms with Gasteiger partial charge in [-0.2, -0.15) is 4.31 Å². The normalized spacial score (nSPS) is 18.0. The lowest BCUT2D eigenvalue weighted by Crippen LogP contribution is -2.43. The van der Waals surface area contributed by atoms with Gasteiger partial charge in [-0.1, -0.05) is 36.4 Å². The van der Waals surface area contributed by atoms with Gasteiger partial charge in [0.25, 0.3) is 5.91 Å². The molecule has 0 radical (unpaired) electrons. The number of hydrogen-bond donors (Lipinski definition) is 2. The molecule has 0 aromatic heterocycles. The Morgan fingerprint density at radius 3 is 2.52 bits per heavy atom. The number of aliphatic hydroxyl groups is 1.